The van der Waals surface area contributed by atoms with Crippen LogP contribution in [0.4, 0.5) is 4.39 Å². The number of hydrogen-bond acceptors (Lipinski definition) is 2. The second-order valence-electron chi connectivity index (χ2n) is 5.48. The van der Waals surface area contributed by atoms with Gasteiger partial charge in [0.25, 0.3) is 0 Å². The second kappa shape index (κ2) is 5.70. The Morgan fingerprint density at radius 2 is 2.17 bits per heavy atom. The third kappa shape index (κ3) is 3.22. The van der Waals surface area contributed by atoms with Crippen molar-refractivity contribution in [3.05, 3.63) is 29.6 Å². The van der Waals surface area contributed by atoms with Gasteiger partial charge in [-0.2, -0.15) is 0 Å². The molecule has 2 nitrogen and oxygen atoms in total. The smallest absolute Gasteiger partial charge is 0.127 e. The highest BCUT2D eigenvalue weighted by molar-refractivity contribution is 5.36. The Kier molecular flexibility index (Phi) is 4.23. The molecule has 0 aromatic heterocycles. The van der Waals surface area contributed by atoms with Crippen molar-refractivity contribution >= 4 is 0 Å². The van der Waals surface area contributed by atoms with Gasteiger partial charge in [0.05, 0.1) is 6.10 Å². The first-order chi connectivity index (χ1) is 8.56. The normalized spacial score (nSPS) is 25.8. The minimum Gasteiger partial charge on any atom is -0.490 e. The minimum atomic E-state index is -0.266. The standard InChI is InChI=1S/C15H22FNO/c1-10-4-3-5-13(8-10)18-15-9-12(16)6-7-14(15)11(2)17/h6-7,9-11,13H,3-5,8,17H2,1-2H3/t10?,11-,13?/m1/s1. The molecule has 0 heterocycles. The summed E-state index contributed by atoms with van der Waals surface area (Å²) in [5.74, 6) is 1.04. The summed E-state index contributed by atoms with van der Waals surface area (Å²) in [6.07, 6.45) is 4.76. The Morgan fingerprint density at radius 1 is 1.39 bits per heavy atom. The van der Waals surface area contributed by atoms with Crippen LogP contribution in [0.15, 0.2) is 18.2 Å². The molecule has 0 aliphatic heterocycles. The molecule has 18 heavy (non-hydrogen) atoms. The highest BCUT2D eigenvalue weighted by atomic mass is 19.1. The van der Waals surface area contributed by atoms with Crippen LogP contribution in [0.5, 0.6) is 5.75 Å². The molecule has 0 radical (unpaired) electrons. The van der Waals surface area contributed by atoms with Crippen LogP contribution in [0.1, 0.15) is 51.1 Å². The fraction of sp³-hybridized carbons (Fsp3) is 0.600. The molecular weight excluding hydrogens is 229 g/mol. The van der Waals surface area contributed by atoms with Crippen molar-refractivity contribution in [2.24, 2.45) is 11.7 Å². The van der Waals surface area contributed by atoms with E-state index in [1.807, 2.05) is 6.92 Å². The van der Waals surface area contributed by atoms with Gasteiger partial charge in [-0.1, -0.05) is 19.4 Å². The fourth-order valence-electron chi connectivity index (χ4n) is 2.65. The lowest BCUT2D eigenvalue weighted by molar-refractivity contribution is 0.127. The molecule has 1 aliphatic carbocycles. The van der Waals surface area contributed by atoms with Crippen LogP contribution in [0.2, 0.25) is 0 Å². The molecule has 100 valence electrons. The Balaban J connectivity index is 2.14. The summed E-state index contributed by atoms with van der Waals surface area (Å²) in [5, 5.41) is 0. The summed E-state index contributed by atoms with van der Waals surface area (Å²) >= 11 is 0. The molecule has 2 N–H and O–H groups in total. The van der Waals surface area contributed by atoms with E-state index in [1.165, 1.54) is 25.0 Å². The van der Waals surface area contributed by atoms with Gasteiger partial charge in [0.2, 0.25) is 0 Å². The van der Waals surface area contributed by atoms with E-state index in [-0.39, 0.29) is 18.0 Å². The molecule has 1 aromatic rings. The van der Waals surface area contributed by atoms with Crippen LogP contribution in [0, 0.1) is 11.7 Å². The summed E-state index contributed by atoms with van der Waals surface area (Å²) in [7, 11) is 0. The first-order valence-corrected chi connectivity index (χ1v) is 6.78. The van der Waals surface area contributed by atoms with Gasteiger partial charge in [0.15, 0.2) is 0 Å². The van der Waals surface area contributed by atoms with Crippen molar-refractivity contribution in [3.63, 3.8) is 0 Å². The zero-order valence-corrected chi connectivity index (χ0v) is 11.2. The van der Waals surface area contributed by atoms with Crippen molar-refractivity contribution in [2.75, 3.05) is 0 Å². The Morgan fingerprint density at radius 3 is 2.83 bits per heavy atom. The zero-order valence-electron chi connectivity index (χ0n) is 11.2. The number of halogens is 1. The predicted octanol–water partition coefficient (Wildman–Crippen LogP) is 3.80. The number of ether oxygens (including phenoxy) is 1. The first-order valence-electron chi connectivity index (χ1n) is 6.78. The molecule has 2 unspecified atom stereocenters. The van der Waals surface area contributed by atoms with Gasteiger partial charge >= 0.3 is 0 Å². The molecule has 0 saturated heterocycles. The van der Waals surface area contributed by atoms with Crippen LogP contribution < -0.4 is 10.5 Å². The third-order valence-electron chi connectivity index (χ3n) is 3.65. The van der Waals surface area contributed by atoms with Gasteiger partial charge in [0, 0.05) is 17.7 Å². The van der Waals surface area contributed by atoms with E-state index in [4.69, 9.17) is 10.5 Å². The number of rotatable bonds is 3. The molecular formula is C15H22FNO. The highest BCUT2D eigenvalue weighted by Crippen LogP contribution is 2.31. The number of hydrogen-bond donors (Lipinski definition) is 1. The summed E-state index contributed by atoms with van der Waals surface area (Å²) in [6.45, 7) is 4.14. The number of nitrogens with two attached hydrogens (primary N) is 1. The van der Waals surface area contributed by atoms with E-state index in [0.29, 0.717) is 11.7 Å². The van der Waals surface area contributed by atoms with Crippen molar-refractivity contribution < 1.29 is 9.13 Å². The lowest BCUT2D eigenvalue weighted by Gasteiger charge is -2.28. The summed E-state index contributed by atoms with van der Waals surface area (Å²) < 4.78 is 19.3. The van der Waals surface area contributed by atoms with Crippen LogP contribution in [-0.4, -0.2) is 6.10 Å². The Bertz CT molecular complexity index is 405. The second-order valence-corrected chi connectivity index (χ2v) is 5.48. The van der Waals surface area contributed by atoms with Crippen molar-refractivity contribution in [1.29, 1.82) is 0 Å². The average molecular weight is 251 g/mol. The van der Waals surface area contributed by atoms with Gasteiger partial charge in [-0.15, -0.1) is 0 Å². The molecule has 0 amide bonds. The van der Waals surface area contributed by atoms with E-state index in [0.717, 1.165) is 18.4 Å². The molecule has 3 atom stereocenters. The van der Waals surface area contributed by atoms with Crippen molar-refractivity contribution in [3.8, 4) is 5.75 Å². The molecule has 1 saturated carbocycles. The molecule has 1 aromatic carbocycles. The molecule has 3 heteroatoms. The number of benzene rings is 1. The van der Waals surface area contributed by atoms with E-state index in [1.54, 1.807) is 6.07 Å². The zero-order chi connectivity index (χ0) is 13.1. The topological polar surface area (TPSA) is 35.2 Å². The first kappa shape index (κ1) is 13.3. The Labute approximate surface area is 108 Å². The fourth-order valence-corrected chi connectivity index (χ4v) is 2.65. The summed E-state index contributed by atoms with van der Waals surface area (Å²) in [5.41, 5.74) is 6.78. The third-order valence-corrected chi connectivity index (χ3v) is 3.65. The quantitative estimate of drug-likeness (QED) is 0.886. The lowest BCUT2D eigenvalue weighted by Crippen LogP contribution is -2.25. The molecule has 0 spiro atoms. The van der Waals surface area contributed by atoms with E-state index in [2.05, 4.69) is 6.92 Å². The van der Waals surface area contributed by atoms with Gasteiger partial charge in [-0.3, -0.25) is 0 Å². The largest absolute Gasteiger partial charge is 0.490 e. The molecule has 0 bridgehead atoms. The van der Waals surface area contributed by atoms with Crippen LogP contribution >= 0.6 is 0 Å². The van der Waals surface area contributed by atoms with Crippen LogP contribution in [0.25, 0.3) is 0 Å². The maximum atomic E-state index is 13.3. The van der Waals surface area contributed by atoms with Gasteiger partial charge in [0.1, 0.15) is 11.6 Å². The monoisotopic (exact) mass is 251 g/mol. The summed E-state index contributed by atoms with van der Waals surface area (Å²) in [6, 6.07) is 4.48. The predicted molar refractivity (Wildman–Crippen MR) is 71.1 cm³/mol. The average Bonchev–Trinajstić information content (AvgIpc) is 2.28. The van der Waals surface area contributed by atoms with Crippen molar-refractivity contribution in [1.82, 2.24) is 0 Å². The van der Waals surface area contributed by atoms with Gasteiger partial charge in [-0.25, -0.2) is 4.39 Å². The highest BCUT2D eigenvalue weighted by Gasteiger charge is 2.21. The summed E-state index contributed by atoms with van der Waals surface area (Å²) in [4.78, 5) is 0. The SMILES string of the molecule is CC1CCCC(Oc2cc(F)ccc2[C@@H](C)N)C1. The van der Waals surface area contributed by atoms with Gasteiger partial charge in [-0.05, 0) is 38.2 Å². The molecule has 1 fully saturated rings. The lowest BCUT2D eigenvalue weighted by atomic mass is 9.88. The van der Waals surface area contributed by atoms with Gasteiger partial charge < -0.3 is 10.5 Å². The van der Waals surface area contributed by atoms with Crippen LogP contribution in [0.3, 0.4) is 0 Å². The molecule has 1 aliphatic rings. The minimum absolute atomic E-state index is 0.137. The van der Waals surface area contributed by atoms with E-state index >= 15 is 0 Å². The molecule has 2 rings (SSSR count). The Hall–Kier alpha value is -1.09. The maximum absolute atomic E-state index is 13.3. The van der Waals surface area contributed by atoms with Crippen LogP contribution in [-0.2, 0) is 0 Å². The van der Waals surface area contributed by atoms with E-state index < -0.39 is 0 Å². The van der Waals surface area contributed by atoms with Crippen molar-refractivity contribution in [2.45, 2.75) is 51.7 Å². The van der Waals surface area contributed by atoms with E-state index in [9.17, 15) is 4.39 Å². The maximum Gasteiger partial charge on any atom is 0.127 e.